The molecule has 5 rings (SSSR count). The Bertz CT molecular complexity index is 1620. The standard InChI is InChI=1S/C32H28FN3O4/c1-22-11-12-23(2)36(22)26-13-15-27(16-14-26)38-21-28-17-18-31(40-28)32(37)35-34-19-24-7-4-6-10-30(24)39-20-25-8-3-5-9-29(25)33/h3-19H,20-21H2,1-2H3,(H,35,37)/b34-19+. The van der Waals surface area contributed by atoms with Gasteiger partial charge in [0.25, 0.3) is 0 Å². The number of aromatic nitrogens is 1. The van der Waals surface area contributed by atoms with Crippen molar-refractivity contribution >= 4 is 12.1 Å². The Morgan fingerprint density at radius 1 is 0.875 bits per heavy atom. The van der Waals surface area contributed by atoms with E-state index >= 15 is 0 Å². The number of aryl methyl sites for hydroxylation is 2. The summed E-state index contributed by atoms with van der Waals surface area (Å²) < 4.78 is 33.3. The third-order valence-corrected chi connectivity index (χ3v) is 6.26. The summed E-state index contributed by atoms with van der Waals surface area (Å²) in [5, 5.41) is 4.02. The highest BCUT2D eigenvalue weighted by molar-refractivity contribution is 5.92. The van der Waals surface area contributed by atoms with Gasteiger partial charge < -0.3 is 18.5 Å². The molecule has 0 atom stereocenters. The fourth-order valence-corrected chi connectivity index (χ4v) is 4.20. The summed E-state index contributed by atoms with van der Waals surface area (Å²) in [5.41, 5.74) is 6.90. The van der Waals surface area contributed by atoms with Crippen molar-refractivity contribution in [1.82, 2.24) is 9.99 Å². The molecule has 0 aliphatic carbocycles. The van der Waals surface area contributed by atoms with E-state index in [0.29, 0.717) is 28.4 Å². The monoisotopic (exact) mass is 537 g/mol. The van der Waals surface area contributed by atoms with Gasteiger partial charge in [-0.2, -0.15) is 5.10 Å². The van der Waals surface area contributed by atoms with E-state index in [4.69, 9.17) is 13.9 Å². The highest BCUT2D eigenvalue weighted by atomic mass is 19.1. The second-order valence-electron chi connectivity index (χ2n) is 9.12. The Kier molecular flexibility index (Phi) is 8.06. The fraction of sp³-hybridized carbons (Fsp3) is 0.125. The van der Waals surface area contributed by atoms with E-state index in [0.717, 1.165) is 17.1 Å². The highest BCUT2D eigenvalue weighted by Crippen LogP contribution is 2.21. The maximum Gasteiger partial charge on any atom is 0.307 e. The fourth-order valence-electron chi connectivity index (χ4n) is 4.20. The van der Waals surface area contributed by atoms with E-state index < -0.39 is 5.91 Å². The lowest BCUT2D eigenvalue weighted by Crippen LogP contribution is -2.16. The van der Waals surface area contributed by atoms with E-state index in [2.05, 4.69) is 41.1 Å². The van der Waals surface area contributed by atoms with Crippen molar-refractivity contribution in [2.24, 2.45) is 5.10 Å². The van der Waals surface area contributed by atoms with E-state index in [-0.39, 0.29) is 24.8 Å². The van der Waals surface area contributed by atoms with Crippen molar-refractivity contribution in [2.75, 3.05) is 0 Å². The SMILES string of the molecule is Cc1ccc(C)n1-c1ccc(OCc2ccc(C(=O)N/N=C/c3ccccc3OCc3ccccc3F)o2)cc1. The molecule has 0 saturated heterocycles. The van der Waals surface area contributed by atoms with Crippen LogP contribution in [0.25, 0.3) is 5.69 Å². The zero-order valence-corrected chi connectivity index (χ0v) is 22.1. The molecule has 8 heteroatoms. The molecule has 2 heterocycles. The normalized spacial score (nSPS) is 11.1. The predicted molar refractivity (Wildman–Crippen MR) is 151 cm³/mol. The quantitative estimate of drug-likeness (QED) is 0.158. The number of carbonyl (C=O) groups is 1. The van der Waals surface area contributed by atoms with Crippen LogP contribution in [0.4, 0.5) is 4.39 Å². The molecule has 0 spiro atoms. The van der Waals surface area contributed by atoms with E-state index in [1.165, 1.54) is 12.3 Å². The first-order valence-corrected chi connectivity index (χ1v) is 12.7. The Balaban J connectivity index is 1.14. The molecule has 0 bridgehead atoms. The Hall–Kier alpha value is -5.11. The first-order chi connectivity index (χ1) is 19.5. The number of rotatable bonds is 10. The summed E-state index contributed by atoms with van der Waals surface area (Å²) in [4.78, 5) is 12.5. The largest absolute Gasteiger partial charge is 0.488 e. The molecule has 0 radical (unpaired) electrons. The van der Waals surface area contributed by atoms with Gasteiger partial charge in [0.1, 0.15) is 36.3 Å². The molecule has 0 fully saturated rings. The van der Waals surface area contributed by atoms with Crippen molar-refractivity contribution in [3.63, 3.8) is 0 Å². The number of halogens is 1. The van der Waals surface area contributed by atoms with Crippen molar-refractivity contribution < 1.29 is 23.1 Å². The lowest BCUT2D eigenvalue weighted by atomic mass is 10.2. The minimum Gasteiger partial charge on any atom is -0.488 e. The number of hydrogen-bond donors (Lipinski definition) is 1. The smallest absolute Gasteiger partial charge is 0.307 e. The third kappa shape index (κ3) is 6.30. The van der Waals surface area contributed by atoms with Crippen LogP contribution in [-0.4, -0.2) is 16.7 Å². The van der Waals surface area contributed by atoms with Crippen molar-refractivity contribution in [3.05, 3.63) is 137 Å². The van der Waals surface area contributed by atoms with Crippen LogP contribution in [0.2, 0.25) is 0 Å². The van der Waals surface area contributed by atoms with Crippen LogP contribution < -0.4 is 14.9 Å². The molecule has 1 amide bonds. The average molecular weight is 538 g/mol. The van der Waals surface area contributed by atoms with Crippen molar-refractivity contribution in [3.8, 4) is 17.2 Å². The molecule has 0 saturated carbocycles. The second kappa shape index (κ2) is 12.2. The van der Waals surface area contributed by atoms with Crippen LogP contribution >= 0.6 is 0 Å². The van der Waals surface area contributed by atoms with Crippen LogP contribution in [0.15, 0.2) is 107 Å². The summed E-state index contributed by atoms with van der Waals surface area (Å²) in [7, 11) is 0. The van der Waals surface area contributed by atoms with Crippen molar-refractivity contribution in [1.29, 1.82) is 0 Å². The highest BCUT2D eigenvalue weighted by Gasteiger charge is 2.12. The summed E-state index contributed by atoms with van der Waals surface area (Å²) in [6, 6.07) is 28.8. The van der Waals surface area contributed by atoms with Gasteiger partial charge in [0, 0.05) is 28.2 Å². The van der Waals surface area contributed by atoms with Gasteiger partial charge in [-0.15, -0.1) is 0 Å². The maximum atomic E-state index is 13.9. The molecule has 1 N–H and O–H groups in total. The van der Waals surface area contributed by atoms with E-state index in [1.54, 1.807) is 48.5 Å². The summed E-state index contributed by atoms with van der Waals surface area (Å²) in [6.45, 7) is 4.37. The Morgan fingerprint density at radius 3 is 2.38 bits per heavy atom. The molecule has 0 unspecified atom stereocenters. The number of amides is 1. The number of nitrogens with one attached hydrogen (secondary N) is 1. The number of carbonyl (C=O) groups excluding carboxylic acids is 1. The van der Waals surface area contributed by atoms with Crippen LogP contribution in [0.5, 0.6) is 11.5 Å². The Labute approximate surface area is 231 Å². The zero-order valence-electron chi connectivity index (χ0n) is 22.1. The molecule has 5 aromatic rings. The Morgan fingerprint density at radius 2 is 1.60 bits per heavy atom. The van der Waals surface area contributed by atoms with Gasteiger partial charge in [-0.25, -0.2) is 9.82 Å². The lowest BCUT2D eigenvalue weighted by Gasteiger charge is -2.10. The van der Waals surface area contributed by atoms with Gasteiger partial charge in [0.05, 0.1) is 6.21 Å². The topological polar surface area (TPSA) is 78.0 Å². The molecule has 7 nitrogen and oxygen atoms in total. The minimum atomic E-state index is -0.505. The molecule has 0 aliphatic heterocycles. The minimum absolute atomic E-state index is 0.0672. The van der Waals surface area contributed by atoms with Gasteiger partial charge in [-0.3, -0.25) is 4.79 Å². The van der Waals surface area contributed by atoms with Crippen molar-refractivity contribution in [2.45, 2.75) is 27.1 Å². The number of furan rings is 1. The molecule has 2 aromatic heterocycles. The van der Waals surface area contributed by atoms with Crippen LogP contribution in [0.3, 0.4) is 0 Å². The number of benzene rings is 3. The van der Waals surface area contributed by atoms with Gasteiger partial charge >= 0.3 is 5.91 Å². The van der Waals surface area contributed by atoms with E-state index in [9.17, 15) is 9.18 Å². The lowest BCUT2D eigenvalue weighted by molar-refractivity contribution is 0.0923. The molecule has 3 aromatic carbocycles. The summed E-state index contributed by atoms with van der Waals surface area (Å²) in [5.74, 6) is 0.965. The van der Waals surface area contributed by atoms with Gasteiger partial charge in [0.2, 0.25) is 0 Å². The number of para-hydroxylation sites is 1. The molecular weight excluding hydrogens is 509 g/mol. The number of nitrogens with zero attached hydrogens (tertiary/aromatic N) is 2. The van der Waals surface area contributed by atoms with Crippen LogP contribution in [0.1, 0.15) is 38.8 Å². The molecule has 40 heavy (non-hydrogen) atoms. The third-order valence-electron chi connectivity index (χ3n) is 6.26. The first kappa shape index (κ1) is 26.5. The van der Waals surface area contributed by atoms with Crippen LogP contribution in [-0.2, 0) is 13.2 Å². The van der Waals surface area contributed by atoms with Crippen LogP contribution in [0, 0.1) is 19.7 Å². The average Bonchev–Trinajstić information content (AvgIpc) is 3.58. The maximum absolute atomic E-state index is 13.9. The zero-order chi connectivity index (χ0) is 27.9. The van der Waals surface area contributed by atoms with Gasteiger partial charge in [-0.05, 0) is 80.6 Å². The number of hydrazone groups is 1. The number of hydrogen-bond acceptors (Lipinski definition) is 5. The van der Waals surface area contributed by atoms with E-state index in [1.807, 2.05) is 30.3 Å². The first-order valence-electron chi connectivity index (χ1n) is 12.7. The molecule has 202 valence electrons. The number of ether oxygens (including phenoxy) is 2. The molecular formula is C32H28FN3O4. The summed E-state index contributed by atoms with van der Waals surface area (Å²) in [6.07, 6.45) is 1.46. The van der Waals surface area contributed by atoms with Gasteiger partial charge in [-0.1, -0.05) is 30.3 Å². The summed E-state index contributed by atoms with van der Waals surface area (Å²) >= 11 is 0. The molecule has 0 aliphatic rings. The second-order valence-corrected chi connectivity index (χ2v) is 9.12. The predicted octanol–water partition coefficient (Wildman–Crippen LogP) is 6.75. The van der Waals surface area contributed by atoms with Gasteiger partial charge in [0.15, 0.2) is 5.76 Å².